The normalized spacial score (nSPS) is 20.0. The Bertz CT molecular complexity index is 581. The first-order chi connectivity index (χ1) is 9.32. The summed E-state index contributed by atoms with van der Waals surface area (Å²) >= 11 is 6.07. The van der Waals surface area contributed by atoms with Gasteiger partial charge in [-0.15, -0.1) is 11.6 Å². The maximum absolute atomic E-state index is 13.1. The first kappa shape index (κ1) is 15.7. The highest BCUT2D eigenvalue weighted by Crippen LogP contribution is 2.28. The van der Waals surface area contributed by atoms with Crippen LogP contribution >= 0.6 is 11.6 Å². The van der Waals surface area contributed by atoms with Crippen LogP contribution in [0.2, 0.25) is 0 Å². The quantitative estimate of drug-likeness (QED) is 0.803. The molecule has 0 aromatic heterocycles. The molecular weight excluding hydrogens is 301 g/mol. The summed E-state index contributed by atoms with van der Waals surface area (Å²) in [5.41, 5.74) is 0.442. The van der Waals surface area contributed by atoms with Crippen LogP contribution in [0.3, 0.4) is 0 Å². The van der Waals surface area contributed by atoms with E-state index in [9.17, 15) is 12.8 Å². The SMILES string of the molecule is Cc1cc(F)ccc1S(=O)(=O)N1CCC(C(C)Cl)CC1. The molecule has 0 spiro atoms. The summed E-state index contributed by atoms with van der Waals surface area (Å²) in [5.74, 6) is -0.0615. The molecule has 1 fully saturated rings. The lowest BCUT2D eigenvalue weighted by Crippen LogP contribution is -2.40. The lowest BCUT2D eigenvalue weighted by molar-refractivity contribution is 0.271. The van der Waals surface area contributed by atoms with Crippen LogP contribution in [0.5, 0.6) is 0 Å². The van der Waals surface area contributed by atoms with Crippen molar-refractivity contribution < 1.29 is 12.8 Å². The van der Waals surface area contributed by atoms with E-state index in [1.165, 1.54) is 22.5 Å². The van der Waals surface area contributed by atoms with Crippen molar-refractivity contribution in [3.63, 3.8) is 0 Å². The van der Waals surface area contributed by atoms with Crippen LogP contribution in [0.25, 0.3) is 0 Å². The Morgan fingerprint density at radius 2 is 1.95 bits per heavy atom. The van der Waals surface area contributed by atoms with Crippen molar-refractivity contribution in [3.05, 3.63) is 29.6 Å². The summed E-state index contributed by atoms with van der Waals surface area (Å²) < 4.78 is 39.7. The lowest BCUT2D eigenvalue weighted by Gasteiger charge is -2.32. The Balaban J connectivity index is 2.20. The summed E-state index contributed by atoms with van der Waals surface area (Å²) in [7, 11) is -3.54. The van der Waals surface area contributed by atoms with Crippen molar-refractivity contribution in [3.8, 4) is 0 Å². The highest BCUT2D eigenvalue weighted by atomic mass is 35.5. The van der Waals surface area contributed by atoms with Crippen molar-refractivity contribution in [2.75, 3.05) is 13.1 Å². The third-order valence-electron chi connectivity index (χ3n) is 3.90. The maximum Gasteiger partial charge on any atom is 0.243 e. The van der Waals surface area contributed by atoms with Gasteiger partial charge in [-0.05, 0) is 56.4 Å². The molecule has 0 N–H and O–H groups in total. The molecule has 2 rings (SSSR count). The molecule has 1 aromatic rings. The first-order valence-electron chi connectivity index (χ1n) is 6.72. The Kier molecular flexibility index (Phi) is 4.72. The van der Waals surface area contributed by atoms with Crippen molar-refractivity contribution in [2.45, 2.75) is 37.0 Å². The molecule has 112 valence electrons. The van der Waals surface area contributed by atoms with Crippen molar-refractivity contribution in [1.82, 2.24) is 4.31 Å². The van der Waals surface area contributed by atoms with Crippen LogP contribution < -0.4 is 0 Å². The van der Waals surface area contributed by atoms with Crippen molar-refractivity contribution in [1.29, 1.82) is 0 Å². The topological polar surface area (TPSA) is 37.4 Å². The molecule has 1 saturated heterocycles. The van der Waals surface area contributed by atoms with Gasteiger partial charge in [0.1, 0.15) is 5.82 Å². The van der Waals surface area contributed by atoms with E-state index in [-0.39, 0.29) is 10.3 Å². The zero-order valence-electron chi connectivity index (χ0n) is 11.6. The van der Waals surface area contributed by atoms with E-state index in [1.54, 1.807) is 6.92 Å². The minimum absolute atomic E-state index is 0.0624. The Hall–Kier alpha value is -0.650. The Labute approximate surface area is 124 Å². The predicted octanol–water partition coefficient (Wildman–Crippen LogP) is 3.16. The van der Waals surface area contributed by atoms with Gasteiger partial charge in [0.15, 0.2) is 0 Å². The number of rotatable bonds is 3. The number of piperidine rings is 1. The molecule has 0 bridgehead atoms. The number of benzene rings is 1. The fourth-order valence-electron chi connectivity index (χ4n) is 2.62. The van der Waals surface area contributed by atoms with Crippen LogP contribution in [-0.4, -0.2) is 31.2 Å². The van der Waals surface area contributed by atoms with E-state index in [0.717, 1.165) is 12.8 Å². The smallest absolute Gasteiger partial charge is 0.207 e. The molecule has 0 aliphatic carbocycles. The van der Waals surface area contributed by atoms with Crippen LogP contribution in [0.1, 0.15) is 25.3 Å². The minimum atomic E-state index is -3.54. The van der Waals surface area contributed by atoms with Crippen molar-refractivity contribution >= 4 is 21.6 Å². The Morgan fingerprint density at radius 3 is 2.45 bits per heavy atom. The maximum atomic E-state index is 13.1. The van der Waals surface area contributed by atoms with Gasteiger partial charge in [0, 0.05) is 18.5 Å². The molecule has 20 heavy (non-hydrogen) atoms. The monoisotopic (exact) mass is 319 g/mol. The van der Waals surface area contributed by atoms with Gasteiger partial charge in [0.05, 0.1) is 4.90 Å². The molecule has 1 heterocycles. The highest BCUT2D eigenvalue weighted by molar-refractivity contribution is 7.89. The molecule has 1 aromatic carbocycles. The minimum Gasteiger partial charge on any atom is -0.207 e. The van der Waals surface area contributed by atoms with Crippen LogP contribution in [-0.2, 0) is 10.0 Å². The molecule has 3 nitrogen and oxygen atoms in total. The van der Waals surface area contributed by atoms with E-state index in [0.29, 0.717) is 24.6 Å². The van der Waals surface area contributed by atoms with Crippen LogP contribution in [0, 0.1) is 18.7 Å². The van der Waals surface area contributed by atoms with Crippen LogP contribution in [0.15, 0.2) is 23.1 Å². The summed E-state index contributed by atoms with van der Waals surface area (Å²) in [4.78, 5) is 0.191. The van der Waals surface area contributed by atoms with Gasteiger partial charge in [0.2, 0.25) is 10.0 Å². The van der Waals surface area contributed by atoms with Gasteiger partial charge in [-0.3, -0.25) is 0 Å². The number of alkyl halides is 1. The number of hydrogen-bond acceptors (Lipinski definition) is 2. The standard InChI is InChI=1S/C14H19ClFNO2S/c1-10-9-13(16)3-4-14(10)20(18,19)17-7-5-12(6-8-17)11(2)15/h3-4,9,11-12H,5-8H2,1-2H3. The molecular formula is C14H19ClFNO2S. The average Bonchev–Trinajstić information content (AvgIpc) is 2.38. The fourth-order valence-corrected chi connectivity index (χ4v) is 4.54. The summed E-state index contributed by atoms with van der Waals surface area (Å²) in [6, 6.07) is 3.78. The molecule has 6 heteroatoms. The number of halogens is 2. The second kappa shape index (κ2) is 6.00. The van der Waals surface area contributed by atoms with E-state index in [1.807, 2.05) is 6.92 Å². The lowest BCUT2D eigenvalue weighted by atomic mass is 9.95. The zero-order chi connectivity index (χ0) is 14.9. The second-order valence-corrected chi connectivity index (χ2v) is 7.92. The second-order valence-electron chi connectivity index (χ2n) is 5.33. The molecule has 0 radical (unpaired) electrons. The molecule has 1 aliphatic heterocycles. The fraction of sp³-hybridized carbons (Fsp3) is 0.571. The number of aryl methyl sites for hydroxylation is 1. The number of sulfonamides is 1. The van der Waals surface area contributed by atoms with E-state index in [2.05, 4.69) is 0 Å². The summed E-state index contributed by atoms with van der Waals surface area (Å²) in [6.07, 6.45) is 1.54. The van der Waals surface area contributed by atoms with Gasteiger partial charge in [0.25, 0.3) is 0 Å². The molecule has 0 amide bonds. The molecule has 1 aliphatic rings. The summed E-state index contributed by atoms with van der Waals surface area (Å²) in [5, 5.41) is 0.0624. The number of hydrogen-bond donors (Lipinski definition) is 0. The Morgan fingerprint density at radius 1 is 1.35 bits per heavy atom. The summed E-state index contributed by atoms with van der Waals surface area (Å²) in [6.45, 7) is 4.51. The first-order valence-corrected chi connectivity index (χ1v) is 8.60. The van der Waals surface area contributed by atoms with E-state index >= 15 is 0 Å². The largest absolute Gasteiger partial charge is 0.243 e. The highest BCUT2D eigenvalue weighted by Gasteiger charge is 2.31. The van der Waals surface area contributed by atoms with Gasteiger partial charge < -0.3 is 0 Å². The third-order valence-corrected chi connectivity index (χ3v) is 6.32. The number of nitrogens with zero attached hydrogens (tertiary/aromatic N) is 1. The van der Waals surface area contributed by atoms with Gasteiger partial charge in [-0.1, -0.05) is 0 Å². The van der Waals surface area contributed by atoms with Crippen LogP contribution in [0.4, 0.5) is 4.39 Å². The van der Waals surface area contributed by atoms with E-state index < -0.39 is 15.8 Å². The molecule has 0 saturated carbocycles. The predicted molar refractivity (Wildman–Crippen MR) is 77.9 cm³/mol. The zero-order valence-corrected chi connectivity index (χ0v) is 13.2. The van der Waals surface area contributed by atoms with Gasteiger partial charge in [-0.2, -0.15) is 4.31 Å². The van der Waals surface area contributed by atoms with Gasteiger partial charge >= 0.3 is 0 Å². The van der Waals surface area contributed by atoms with Gasteiger partial charge in [-0.25, -0.2) is 12.8 Å². The molecule has 1 unspecified atom stereocenters. The van der Waals surface area contributed by atoms with E-state index in [4.69, 9.17) is 11.6 Å². The third kappa shape index (κ3) is 3.15. The molecule has 1 atom stereocenters. The van der Waals surface area contributed by atoms with Crippen molar-refractivity contribution in [2.24, 2.45) is 5.92 Å². The average molecular weight is 320 g/mol.